The molecule has 0 spiro atoms. The Labute approximate surface area is 202 Å². The van der Waals surface area contributed by atoms with Gasteiger partial charge >= 0.3 is 17.9 Å². The largest absolute Gasteiger partial charge is 0.463 e. The molecule has 0 aromatic rings. The summed E-state index contributed by atoms with van der Waals surface area (Å²) in [6.07, 6.45) is 0.691. The van der Waals surface area contributed by atoms with Gasteiger partial charge in [0.2, 0.25) is 0 Å². The van der Waals surface area contributed by atoms with Crippen LogP contribution >= 0.6 is 47.8 Å². The van der Waals surface area contributed by atoms with Gasteiger partial charge in [-0.1, -0.05) is 54.7 Å². The maximum absolute atomic E-state index is 11.1. The maximum Gasteiger partial charge on any atom is 0.316 e. The minimum absolute atomic E-state index is 0.132. The zero-order chi connectivity index (χ0) is 22.7. The van der Waals surface area contributed by atoms with E-state index in [2.05, 4.69) is 47.8 Å². The summed E-state index contributed by atoms with van der Waals surface area (Å²) < 4.78 is 31.9. The first-order chi connectivity index (χ1) is 14.4. The standard InChI is InChI=1S/C18H29Br3O9/c1-2-18(12-25-3-6-28-15(22)9-19,13-26-4-7-29-16(23)10-20)14-27-5-8-30-17(24)11-21/h2-14H2,1H3. The lowest BCUT2D eigenvalue weighted by atomic mass is 9.88. The predicted octanol–water partition coefficient (Wildman–Crippen LogP) is 2.25. The van der Waals surface area contributed by atoms with Gasteiger partial charge in [-0.2, -0.15) is 0 Å². The highest BCUT2D eigenvalue weighted by Gasteiger charge is 2.30. The summed E-state index contributed by atoms with van der Waals surface area (Å²) >= 11 is 9.06. The number of esters is 3. The van der Waals surface area contributed by atoms with Crippen LogP contribution in [0.4, 0.5) is 0 Å². The zero-order valence-corrected chi connectivity index (χ0v) is 21.8. The molecule has 0 aromatic carbocycles. The Hall–Kier alpha value is -0.270. The van der Waals surface area contributed by atoms with E-state index in [4.69, 9.17) is 28.4 Å². The molecular weight excluding hydrogens is 600 g/mol. The van der Waals surface area contributed by atoms with Gasteiger partial charge in [0.05, 0.1) is 39.6 Å². The SMILES string of the molecule is CCC(COCCOC(=O)CBr)(COCCOC(=O)CBr)COCCOC(=O)CBr. The summed E-state index contributed by atoms with van der Waals surface area (Å²) in [4.78, 5) is 33.4. The normalized spacial score (nSPS) is 11.2. The molecule has 0 atom stereocenters. The van der Waals surface area contributed by atoms with E-state index in [-0.39, 0.29) is 73.5 Å². The quantitative estimate of drug-likeness (QED) is 0.0922. The van der Waals surface area contributed by atoms with E-state index in [1.54, 1.807) is 0 Å². The molecule has 0 saturated heterocycles. The van der Waals surface area contributed by atoms with Crippen LogP contribution in [0.15, 0.2) is 0 Å². The molecule has 0 N–H and O–H groups in total. The summed E-state index contributed by atoms with van der Waals surface area (Å²) in [7, 11) is 0. The summed E-state index contributed by atoms with van der Waals surface area (Å²) in [6, 6.07) is 0. The average Bonchev–Trinajstić information content (AvgIpc) is 2.76. The molecule has 0 saturated carbocycles. The number of carbonyl (C=O) groups excluding carboxylic acids is 3. The molecule has 0 unspecified atom stereocenters. The third kappa shape index (κ3) is 15.5. The van der Waals surface area contributed by atoms with Gasteiger partial charge in [-0.05, 0) is 6.42 Å². The van der Waals surface area contributed by atoms with Crippen molar-refractivity contribution in [2.45, 2.75) is 13.3 Å². The van der Waals surface area contributed by atoms with E-state index in [9.17, 15) is 14.4 Å². The third-order valence-corrected chi connectivity index (χ3v) is 5.15. The molecule has 0 radical (unpaired) electrons. The number of rotatable bonds is 19. The highest BCUT2D eigenvalue weighted by Crippen LogP contribution is 2.24. The topological polar surface area (TPSA) is 107 Å². The summed E-state index contributed by atoms with van der Waals surface area (Å²) in [6.45, 7) is 4.11. The Bertz CT molecular complexity index is 427. The second-order valence-corrected chi connectivity index (χ2v) is 7.76. The van der Waals surface area contributed by atoms with Gasteiger partial charge in [0.25, 0.3) is 0 Å². The average molecular weight is 629 g/mol. The fraction of sp³-hybridized carbons (Fsp3) is 0.833. The number of ether oxygens (including phenoxy) is 6. The van der Waals surface area contributed by atoms with E-state index in [0.717, 1.165) is 0 Å². The van der Waals surface area contributed by atoms with Crippen molar-refractivity contribution >= 4 is 65.7 Å². The first-order valence-corrected chi connectivity index (χ1v) is 12.7. The highest BCUT2D eigenvalue weighted by molar-refractivity contribution is 9.09. The van der Waals surface area contributed by atoms with Crippen LogP contribution < -0.4 is 0 Å². The fourth-order valence-electron chi connectivity index (χ4n) is 2.06. The van der Waals surface area contributed by atoms with E-state index < -0.39 is 5.41 Å². The molecule has 0 amide bonds. The van der Waals surface area contributed by atoms with E-state index in [1.807, 2.05) is 6.92 Å². The second-order valence-electron chi connectivity index (χ2n) is 6.07. The van der Waals surface area contributed by atoms with Gasteiger partial charge in [0.15, 0.2) is 0 Å². The van der Waals surface area contributed by atoms with Gasteiger partial charge < -0.3 is 28.4 Å². The van der Waals surface area contributed by atoms with Gasteiger partial charge in [-0.25, -0.2) is 0 Å². The molecule has 0 aliphatic rings. The van der Waals surface area contributed by atoms with Crippen LogP contribution in [-0.2, 0) is 42.8 Å². The van der Waals surface area contributed by atoms with E-state index >= 15 is 0 Å². The van der Waals surface area contributed by atoms with Crippen molar-refractivity contribution in [2.75, 3.05) is 75.5 Å². The summed E-state index contributed by atoms with van der Waals surface area (Å²) in [5.74, 6) is -1.07. The predicted molar refractivity (Wildman–Crippen MR) is 119 cm³/mol. The van der Waals surface area contributed by atoms with Crippen LogP contribution in [0.5, 0.6) is 0 Å². The van der Waals surface area contributed by atoms with Gasteiger partial charge in [-0.15, -0.1) is 0 Å². The van der Waals surface area contributed by atoms with Crippen molar-refractivity contribution in [1.29, 1.82) is 0 Å². The molecular formula is C18H29Br3O9. The molecule has 0 bridgehead atoms. The molecule has 0 aliphatic carbocycles. The Morgan fingerprint density at radius 1 is 0.600 bits per heavy atom. The minimum atomic E-state index is -0.460. The molecule has 0 fully saturated rings. The summed E-state index contributed by atoms with van der Waals surface area (Å²) in [5.41, 5.74) is -0.460. The minimum Gasteiger partial charge on any atom is -0.463 e. The Morgan fingerprint density at radius 3 is 1.13 bits per heavy atom. The number of alkyl halides is 3. The second kappa shape index (κ2) is 19.4. The first kappa shape index (κ1) is 29.7. The van der Waals surface area contributed by atoms with Gasteiger partial charge in [0, 0.05) is 5.41 Å². The smallest absolute Gasteiger partial charge is 0.316 e. The van der Waals surface area contributed by atoms with Crippen molar-refractivity contribution in [3.8, 4) is 0 Å². The lowest BCUT2D eigenvalue weighted by Crippen LogP contribution is -2.38. The number of hydrogen-bond acceptors (Lipinski definition) is 9. The number of halogens is 3. The van der Waals surface area contributed by atoms with Crippen LogP contribution in [0.25, 0.3) is 0 Å². The van der Waals surface area contributed by atoms with Crippen LogP contribution in [0.1, 0.15) is 13.3 Å². The first-order valence-electron chi connectivity index (χ1n) is 9.31. The summed E-state index contributed by atoms with van der Waals surface area (Å²) in [5, 5.41) is 0.395. The number of carbonyl (C=O) groups is 3. The van der Waals surface area contributed by atoms with Crippen LogP contribution in [0, 0.1) is 5.41 Å². The Morgan fingerprint density at radius 2 is 0.900 bits per heavy atom. The molecule has 176 valence electrons. The van der Waals surface area contributed by atoms with Crippen LogP contribution in [0.2, 0.25) is 0 Å². The third-order valence-electron chi connectivity index (χ3n) is 3.77. The molecule has 12 heteroatoms. The number of hydrogen-bond donors (Lipinski definition) is 0. The van der Waals surface area contributed by atoms with Crippen molar-refractivity contribution < 1.29 is 42.8 Å². The van der Waals surface area contributed by atoms with Crippen LogP contribution in [-0.4, -0.2) is 93.4 Å². The molecule has 0 aromatic heterocycles. The zero-order valence-electron chi connectivity index (χ0n) is 17.0. The fourth-order valence-corrected chi connectivity index (χ4v) is 2.54. The van der Waals surface area contributed by atoms with Gasteiger partial charge in [0.1, 0.15) is 35.8 Å². The molecule has 0 aliphatic heterocycles. The van der Waals surface area contributed by atoms with E-state index in [0.29, 0.717) is 26.2 Å². The van der Waals surface area contributed by atoms with Crippen molar-refractivity contribution in [3.05, 3.63) is 0 Å². The van der Waals surface area contributed by atoms with Crippen molar-refractivity contribution in [3.63, 3.8) is 0 Å². The van der Waals surface area contributed by atoms with E-state index in [1.165, 1.54) is 0 Å². The highest BCUT2D eigenvalue weighted by atomic mass is 79.9. The maximum atomic E-state index is 11.1. The Balaban J connectivity index is 4.47. The molecule has 30 heavy (non-hydrogen) atoms. The molecule has 0 heterocycles. The lowest BCUT2D eigenvalue weighted by Gasteiger charge is -2.32. The Kier molecular flexibility index (Phi) is 19.2. The lowest BCUT2D eigenvalue weighted by molar-refractivity contribution is -0.144. The van der Waals surface area contributed by atoms with Crippen molar-refractivity contribution in [2.24, 2.45) is 5.41 Å². The monoisotopic (exact) mass is 626 g/mol. The van der Waals surface area contributed by atoms with Gasteiger partial charge in [-0.3, -0.25) is 14.4 Å². The molecule has 0 rings (SSSR count). The molecule has 9 nitrogen and oxygen atoms in total. The van der Waals surface area contributed by atoms with Crippen molar-refractivity contribution in [1.82, 2.24) is 0 Å². The van der Waals surface area contributed by atoms with Crippen LogP contribution in [0.3, 0.4) is 0 Å².